The first-order valence-corrected chi connectivity index (χ1v) is 11.2. The number of quaternary nitrogens is 1. The van der Waals surface area contributed by atoms with Crippen LogP contribution in [0.15, 0.2) is 47.1 Å². The molecule has 2 aliphatic rings. The van der Waals surface area contributed by atoms with Crippen LogP contribution in [-0.2, 0) is 11.3 Å². The maximum absolute atomic E-state index is 12.8. The molecule has 3 N–H and O–H groups in total. The Labute approximate surface area is 178 Å². The summed E-state index contributed by atoms with van der Waals surface area (Å²) in [5.74, 6) is 1.75. The molecule has 1 saturated heterocycles. The molecule has 0 bridgehead atoms. The van der Waals surface area contributed by atoms with Gasteiger partial charge in [0.2, 0.25) is 0 Å². The van der Waals surface area contributed by atoms with Gasteiger partial charge in [0.25, 0.3) is 5.91 Å². The zero-order valence-corrected chi connectivity index (χ0v) is 17.7. The maximum atomic E-state index is 12.8. The van der Waals surface area contributed by atoms with E-state index in [1.807, 2.05) is 37.3 Å². The molecule has 4 rings (SSSR count). The molecule has 1 aliphatic heterocycles. The number of carbonyl (C=O) groups is 1. The number of benzene rings is 1. The number of ether oxygens (including phenoxy) is 1. The van der Waals surface area contributed by atoms with Crippen molar-refractivity contribution in [2.75, 3.05) is 19.7 Å². The summed E-state index contributed by atoms with van der Waals surface area (Å²) in [6, 6.07) is 11.9. The Balaban J connectivity index is 1.57. The predicted molar refractivity (Wildman–Crippen MR) is 113 cm³/mol. The van der Waals surface area contributed by atoms with E-state index in [1.165, 1.54) is 4.90 Å². The smallest absolute Gasteiger partial charge is 0.275 e. The minimum atomic E-state index is -0.642. The number of carbonyl (C=O) groups excluding carboxylic acids is 1. The lowest BCUT2D eigenvalue weighted by Crippen LogP contribution is -3.16. The van der Waals surface area contributed by atoms with Gasteiger partial charge in [-0.3, -0.25) is 4.79 Å². The van der Waals surface area contributed by atoms with Crippen molar-refractivity contribution in [3.63, 3.8) is 0 Å². The number of piperidine rings is 1. The quantitative estimate of drug-likeness (QED) is 0.651. The van der Waals surface area contributed by atoms with Gasteiger partial charge in [0.1, 0.15) is 17.6 Å². The molecule has 1 saturated carbocycles. The Bertz CT molecular complexity index is 837. The average molecular weight is 414 g/mol. The van der Waals surface area contributed by atoms with E-state index in [0.29, 0.717) is 19.7 Å². The van der Waals surface area contributed by atoms with Crippen LogP contribution < -0.4 is 15.0 Å². The summed E-state index contributed by atoms with van der Waals surface area (Å²) in [6.45, 7) is 4.12. The number of aliphatic hydroxyl groups is 1. The highest BCUT2D eigenvalue weighted by Gasteiger charge is 2.52. The zero-order valence-electron chi connectivity index (χ0n) is 17.7. The second-order valence-corrected chi connectivity index (χ2v) is 8.60. The Hall–Kier alpha value is -2.31. The van der Waals surface area contributed by atoms with E-state index < -0.39 is 5.60 Å². The van der Waals surface area contributed by atoms with Gasteiger partial charge in [0.15, 0.2) is 6.54 Å². The number of nitrogens with one attached hydrogen (secondary N) is 2. The van der Waals surface area contributed by atoms with Crippen molar-refractivity contribution in [2.24, 2.45) is 5.92 Å². The van der Waals surface area contributed by atoms with Crippen molar-refractivity contribution >= 4 is 5.91 Å². The molecule has 162 valence electrons. The molecule has 6 heteroatoms. The van der Waals surface area contributed by atoms with Crippen LogP contribution in [0.5, 0.6) is 5.75 Å². The molecule has 1 aromatic carbocycles. The van der Waals surface area contributed by atoms with Gasteiger partial charge in [-0.2, -0.15) is 0 Å². The van der Waals surface area contributed by atoms with Gasteiger partial charge in [-0.1, -0.05) is 25.0 Å². The number of hydrogen-bond acceptors (Lipinski definition) is 4. The Kier molecular flexibility index (Phi) is 6.44. The first-order chi connectivity index (χ1) is 14.6. The summed E-state index contributed by atoms with van der Waals surface area (Å²) in [5.41, 5.74) is 0.467. The van der Waals surface area contributed by atoms with Crippen molar-refractivity contribution in [2.45, 2.75) is 57.2 Å². The van der Waals surface area contributed by atoms with Crippen LogP contribution in [0.25, 0.3) is 0 Å². The SMILES string of the molecule is CCOc1ccccc1[C@H]1[C@@H]2CCCC[C@]2(O)CC[NH+]1CC(=O)NCc1ccco1. The lowest BCUT2D eigenvalue weighted by Gasteiger charge is -2.50. The largest absolute Gasteiger partial charge is 0.493 e. The normalized spacial score (nSPS) is 28.5. The molecule has 30 heavy (non-hydrogen) atoms. The first-order valence-electron chi connectivity index (χ1n) is 11.2. The number of fused-ring (bicyclic) bond motifs is 1. The highest BCUT2D eigenvalue weighted by atomic mass is 16.5. The fourth-order valence-electron chi connectivity index (χ4n) is 5.38. The topological polar surface area (TPSA) is 76.1 Å². The molecular weight excluding hydrogens is 380 g/mol. The van der Waals surface area contributed by atoms with E-state index in [1.54, 1.807) is 6.26 Å². The molecule has 0 radical (unpaired) electrons. The zero-order chi connectivity index (χ0) is 21.0. The van der Waals surface area contributed by atoms with Gasteiger partial charge in [-0.15, -0.1) is 0 Å². The van der Waals surface area contributed by atoms with Gasteiger partial charge in [-0.05, 0) is 44.0 Å². The number of para-hydroxylation sites is 1. The van der Waals surface area contributed by atoms with E-state index in [-0.39, 0.29) is 17.9 Å². The Morgan fingerprint density at radius 2 is 2.13 bits per heavy atom. The second-order valence-electron chi connectivity index (χ2n) is 8.60. The first kappa shape index (κ1) is 20.9. The van der Waals surface area contributed by atoms with Crippen LogP contribution in [0.3, 0.4) is 0 Å². The van der Waals surface area contributed by atoms with Crippen LogP contribution in [0, 0.1) is 5.92 Å². The van der Waals surface area contributed by atoms with E-state index in [0.717, 1.165) is 55.7 Å². The molecule has 6 nitrogen and oxygen atoms in total. The maximum Gasteiger partial charge on any atom is 0.275 e. The van der Waals surface area contributed by atoms with E-state index in [9.17, 15) is 9.90 Å². The van der Waals surface area contributed by atoms with Gasteiger partial charge >= 0.3 is 0 Å². The van der Waals surface area contributed by atoms with Crippen molar-refractivity contribution in [1.29, 1.82) is 0 Å². The molecule has 1 amide bonds. The fourth-order valence-corrected chi connectivity index (χ4v) is 5.38. The monoisotopic (exact) mass is 413 g/mol. The van der Waals surface area contributed by atoms with Gasteiger partial charge in [-0.25, -0.2) is 0 Å². The summed E-state index contributed by atoms with van der Waals surface area (Å²) in [5, 5.41) is 14.4. The van der Waals surface area contributed by atoms with Crippen molar-refractivity contribution in [1.82, 2.24) is 5.32 Å². The number of hydrogen-bond donors (Lipinski definition) is 3. The summed E-state index contributed by atoms with van der Waals surface area (Å²) >= 11 is 0. The minimum Gasteiger partial charge on any atom is -0.493 e. The van der Waals surface area contributed by atoms with Crippen LogP contribution in [0.2, 0.25) is 0 Å². The van der Waals surface area contributed by atoms with E-state index in [2.05, 4.69) is 11.4 Å². The molecule has 2 fully saturated rings. The molecule has 1 aromatic heterocycles. The van der Waals surface area contributed by atoms with Crippen molar-refractivity contribution in [3.05, 3.63) is 54.0 Å². The molecule has 2 heterocycles. The minimum absolute atomic E-state index is 0.00143. The summed E-state index contributed by atoms with van der Waals surface area (Å²) in [7, 11) is 0. The average Bonchev–Trinajstić information content (AvgIpc) is 3.27. The highest BCUT2D eigenvalue weighted by Crippen LogP contribution is 2.45. The lowest BCUT2D eigenvalue weighted by atomic mass is 9.66. The number of rotatable bonds is 7. The van der Waals surface area contributed by atoms with Crippen LogP contribution in [0.4, 0.5) is 0 Å². The van der Waals surface area contributed by atoms with Gasteiger partial charge in [0, 0.05) is 12.3 Å². The fraction of sp³-hybridized carbons (Fsp3) is 0.542. The molecule has 1 aliphatic carbocycles. The summed E-state index contributed by atoms with van der Waals surface area (Å²) in [4.78, 5) is 14.0. The lowest BCUT2D eigenvalue weighted by molar-refractivity contribution is -0.937. The van der Waals surface area contributed by atoms with Crippen LogP contribution in [0.1, 0.15) is 56.4 Å². The molecule has 1 unspecified atom stereocenters. The summed E-state index contributed by atoms with van der Waals surface area (Å²) in [6.07, 6.45) is 6.39. The van der Waals surface area contributed by atoms with E-state index in [4.69, 9.17) is 9.15 Å². The molecule has 4 atom stereocenters. The Morgan fingerprint density at radius 3 is 2.93 bits per heavy atom. The molecular formula is C24H33N2O4+. The van der Waals surface area contributed by atoms with Crippen molar-refractivity contribution in [3.8, 4) is 5.75 Å². The highest BCUT2D eigenvalue weighted by molar-refractivity contribution is 5.76. The third-order valence-electron chi connectivity index (χ3n) is 6.77. The summed E-state index contributed by atoms with van der Waals surface area (Å²) < 4.78 is 11.3. The Morgan fingerprint density at radius 1 is 1.27 bits per heavy atom. The molecule has 0 spiro atoms. The second kappa shape index (κ2) is 9.23. The predicted octanol–water partition coefficient (Wildman–Crippen LogP) is 2.25. The molecule has 2 aromatic rings. The van der Waals surface area contributed by atoms with E-state index >= 15 is 0 Å². The standard InChI is InChI=1S/C24H32N2O4/c1-2-29-21-11-4-3-9-19(21)23-20-10-5-6-12-24(20,28)13-14-26(23)17-22(27)25-16-18-8-7-15-30-18/h3-4,7-9,11,15,20,23,28H,2,5-6,10,12-14,16-17H2,1H3,(H,25,27)/p+1/t20-,23-,24-/m0/s1. The number of furan rings is 1. The van der Waals surface area contributed by atoms with Gasteiger partial charge < -0.3 is 24.5 Å². The van der Waals surface area contributed by atoms with Crippen LogP contribution >= 0.6 is 0 Å². The third-order valence-corrected chi connectivity index (χ3v) is 6.77. The van der Waals surface area contributed by atoms with Crippen molar-refractivity contribution < 1.29 is 24.0 Å². The number of amides is 1. The third kappa shape index (κ3) is 4.40. The van der Waals surface area contributed by atoms with Crippen LogP contribution in [-0.4, -0.2) is 36.3 Å². The number of likely N-dealkylation sites (tertiary alicyclic amines) is 1. The van der Waals surface area contributed by atoms with Gasteiger partial charge in [0.05, 0.1) is 37.1 Å².